The van der Waals surface area contributed by atoms with Crippen LogP contribution in [-0.2, 0) is 6.42 Å². The van der Waals surface area contributed by atoms with E-state index >= 15 is 0 Å². The Labute approximate surface area is 125 Å². The number of nitrogens with zero attached hydrogens (tertiary/aromatic N) is 1. The Hall–Kier alpha value is -1.84. The fourth-order valence-corrected chi connectivity index (χ4v) is 2.50. The van der Waals surface area contributed by atoms with Gasteiger partial charge in [-0.25, -0.2) is 4.39 Å². The zero-order valence-electron chi connectivity index (χ0n) is 12.7. The lowest BCUT2D eigenvalue weighted by molar-refractivity contribution is 0.0770. The van der Waals surface area contributed by atoms with E-state index in [0.29, 0.717) is 24.1 Å². The number of ether oxygens (including phenoxy) is 1. The van der Waals surface area contributed by atoms with Gasteiger partial charge < -0.3 is 9.64 Å². The van der Waals surface area contributed by atoms with E-state index < -0.39 is 0 Å². The van der Waals surface area contributed by atoms with Gasteiger partial charge in [-0.3, -0.25) is 4.79 Å². The van der Waals surface area contributed by atoms with E-state index in [1.54, 1.807) is 6.07 Å². The van der Waals surface area contributed by atoms with Crippen molar-refractivity contribution >= 4 is 5.91 Å². The van der Waals surface area contributed by atoms with Gasteiger partial charge in [0.15, 0.2) is 0 Å². The minimum atomic E-state index is 0.0921. The number of hydrogen-bond acceptors (Lipinski definition) is 2. The Morgan fingerprint density at radius 1 is 1.43 bits per heavy atom. The third-order valence-electron chi connectivity index (χ3n) is 3.88. The van der Waals surface area contributed by atoms with Gasteiger partial charge in [0.2, 0.25) is 0 Å². The summed E-state index contributed by atoms with van der Waals surface area (Å²) in [5, 5.41) is 0. The molecule has 1 aliphatic heterocycles. The molecule has 0 spiro atoms. The van der Waals surface area contributed by atoms with E-state index in [0.717, 1.165) is 37.1 Å². The molecule has 0 radical (unpaired) electrons. The predicted octanol–water partition coefficient (Wildman–Crippen LogP) is 3.74. The highest BCUT2D eigenvalue weighted by Gasteiger charge is 2.21. The molecule has 0 aromatic heterocycles. The summed E-state index contributed by atoms with van der Waals surface area (Å²) in [5.41, 5.74) is 2.41. The monoisotopic (exact) mass is 291 g/mol. The van der Waals surface area contributed by atoms with Crippen molar-refractivity contribution < 1.29 is 13.9 Å². The average Bonchev–Trinajstić information content (AvgIpc) is 2.67. The highest BCUT2D eigenvalue weighted by atomic mass is 19.1. The number of hydrogen-bond donors (Lipinski definition) is 0. The summed E-state index contributed by atoms with van der Waals surface area (Å²) < 4.78 is 18.1. The number of carbonyl (C=O) groups excluding carboxylic acids is 1. The van der Waals surface area contributed by atoms with Gasteiger partial charge in [-0.15, -0.1) is 0 Å². The van der Waals surface area contributed by atoms with Crippen LogP contribution >= 0.6 is 0 Å². The van der Waals surface area contributed by atoms with Gasteiger partial charge >= 0.3 is 0 Å². The standard InChI is InChI=1S/C17H22FNO2/c1-3-13(11-18)12-21-15-7-8-16-14(10-15)6-5-9-19(4-2)17(16)20/h7-8,10-11H,3-6,9,12H2,1-2H3. The number of aryl methyl sites for hydroxylation is 1. The average molecular weight is 291 g/mol. The first-order chi connectivity index (χ1) is 10.2. The van der Waals surface area contributed by atoms with Crippen LogP contribution in [0.15, 0.2) is 30.1 Å². The Balaban J connectivity index is 2.16. The molecule has 0 fully saturated rings. The number of rotatable bonds is 5. The summed E-state index contributed by atoms with van der Waals surface area (Å²) >= 11 is 0. The minimum absolute atomic E-state index is 0.0921. The topological polar surface area (TPSA) is 29.5 Å². The molecule has 114 valence electrons. The summed E-state index contributed by atoms with van der Waals surface area (Å²) in [5.74, 6) is 0.786. The molecule has 21 heavy (non-hydrogen) atoms. The van der Waals surface area contributed by atoms with E-state index in [1.165, 1.54) is 0 Å². The molecule has 4 heteroatoms. The molecule has 1 aromatic rings. The number of benzene rings is 1. The summed E-state index contributed by atoms with van der Waals surface area (Å²) in [6.45, 7) is 5.67. The highest BCUT2D eigenvalue weighted by Crippen LogP contribution is 2.24. The Morgan fingerprint density at radius 3 is 2.90 bits per heavy atom. The normalized spacial score (nSPS) is 15.7. The van der Waals surface area contributed by atoms with Crippen molar-refractivity contribution in [2.24, 2.45) is 0 Å². The first-order valence-corrected chi connectivity index (χ1v) is 7.52. The van der Waals surface area contributed by atoms with Crippen LogP contribution in [-0.4, -0.2) is 30.5 Å². The van der Waals surface area contributed by atoms with Crippen molar-refractivity contribution in [2.45, 2.75) is 33.1 Å². The maximum atomic E-state index is 12.5. The van der Waals surface area contributed by atoms with Crippen LogP contribution in [0.3, 0.4) is 0 Å². The van der Waals surface area contributed by atoms with Gasteiger partial charge in [0.05, 0.1) is 6.33 Å². The molecular weight excluding hydrogens is 269 g/mol. The molecule has 0 atom stereocenters. The Bertz CT molecular complexity index is 540. The molecule has 0 saturated carbocycles. The van der Waals surface area contributed by atoms with Crippen molar-refractivity contribution in [2.75, 3.05) is 19.7 Å². The number of halogens is 1. The lowest BCUT2D eigenvalue weighted by Gasteiger charge is -2.18. The zero-order chi connectivity index (χ0) is 15.2. The maximum Gasteiger partial charge on any atom is 0.254 e. The fourth-order valence-electron chi connectivity index (χ4n) is 2.50. The van der Waals surface area contributed by atoms with Gasteiger partial charge in [0, 0.05) is 18.7 Å². The maximum absolute atomic E-state index is 12.5. The molecule has 0 N–H and O–H groups in total. The molecule has 0 aliphatic carbocycles. The van der Waals surface area contributed by atoms with Crippen LogP contribution in [0.4, 0.5) is 4.39 Å². The molecule has 1 heterocycles. The summed E-state index contributed by atoms with van der Waals surface area (Å²) in [7, 11) is 0. The Kier molecular flexibility index (Phi) is 5.37. The van der Waals surface area contributed by atoms with Gasteiger partial charge in [-0.1, -0.05) is 6.92 Å². The smallest absolute Gasteiger partial charge is 0.254 e. The molecular formula is C17H22FNO2. The van der Waals surface area contributed by atoms with Gasteiger partial charge in [-0.05, 0) is 55.5 Å². The lowest BCUT2D eigenvalue weighted by atomic mass is 10.0. The number of fused-ring (bicyclic) bond motifs is 1. The summed E-state index contributed by atoms with van der Waals surface area (Å²) in [6.07, 6.45) is 3.06. The van der Waals surface area contributed by atoms with Crippen molar-refractivity contribution in [3.63, 3.8) is 0 Å². The first kappa shape index (κ1) is 15.5. The number of amides is 1. The van der Waals surface area contributed by atoms with Crippen LogP contribution in [0.25, 0.3) is 0 Å². The second-order valence-corrected chi connectivity index (χ2v) is 5.22. The lowest BCUT2D eigenvalue weighted by Crippen LogP contribution is -2.30. The quantitative estimate of drug-likeness (QED) is 0.827. The van der Waals surface area contributed by atoms with Crippen LogP contribution in [0.5, 0.6) is 5.75 Å². The molecule has 1 amide bonds. The van der Waals surface area contributed by atoms with Crippen molar-refractivity contribution in [3.8, 4) is 5.75 Å². The largest absolute Gasteiger partial charge is 0.489 e. The van der Waals surface area contributed by atoms with Gasteiger partial charge in [0.1, 0.15) is 12.4 Å². The summed E-state index contributed by atoms with van der Waals surface area (Å²) in [6, 6.07) is 5.53. The Morgan fingerprint density at radius 2 is 2.24 bits per heavy atom. The number of carbonyl (C=O) groups is 1. The zero-order valence-corrected chi connectivity index (χ0v) is 12.7. The van der Waals surface area contributed by atoms with Crippen LogP contribution in [0.1, 0.15) is 42.6 Å². The molecule has 2 rings (SSSR count). The van der Waals surface area contributed by atoms with E-state index in [-0.39, 0.29) is 12.5 Å². The molecule has 1 aliphatic rings. The van der Waals surface area contributed by atoms with Crippen LogP contribution in [0.2, 0.25) is 0 Å². The second kappa shape index (κ2) is 7.25. The van der Waals surface area contributed by atoms with E-state index in [2.05, 4.69) is 0 Å². The first-order valence-electron chi connectivity index (χ1n) is 7.52. The van der Waals surface area contributed by atoms with Crippen LogP contribution < -0.4 is 4.74 Å². The fraction of sp³-hybridized carbons (Fsp3) is 0.471. The predicted molar refractivity (Wildman–Crippen MR) is 81.3 cm³/mol. The molecule has 1 aromatic carbocycles. The molecule has 0 bridgehead atoms. The van der Waals surface area contributed by atoms with E-state index in [1.807, 2.05) is 30.9 Å². The van der Waals surface area contributed by atoms with Crippen molar-refractivity contribution in [1.82, 2.24) is 4.90 Å². The molecule has 3 nitrogen and oxygen atoms in total. The molecule has 0 saturated heterocycles. The van der Waals surface area contributed by atoms with Gasteiger partial charge in [0.25, 0.3) is 5.91 Å². The highest BCUT2D eigenvalue weighted by molar-refractivity contribution is 5.96. The SMILES string of the molecule is CCC(=CF)COc1ccc2c(c1)CCCN(CC)C2=O. The van der Waals surface area contributed by atoms with Crippen molar-refractivity contribution in [1.29, 1.82) is 0 Å². The van der Waals surface area contributed by atoms with Gasteiger partial charge in [-0.2, -0.15) is 0 Å². The van der Waals surface area contributed by atoms with E-state index in [9.17, 15) is 9.18 Å². The minimum Gasteiger partial charge on any atom is -0.489 e. The third-order valence-corrected chi connectivity index (χ3v) is 3.88. The van der Waals surface area contributed by atoms with Crippen molar-refractivity contribution in [3.05, 3.63) is 41.2 Å². The second-order valence-electron chi connectivity index (χ2n) is 5.22. The van der Waals surface area contributed by atoms with E-state index in [4.69, 9.17) is 4.74 Å². The van der Waals surface area contributed by atoms with Crippen LogP contribution in [0, 0.1) is 0 Å². The summed E-state index contributed by atoms with van der Waals surface area (Å²) in [4.78, 5) is 14.2. The molecule has 0 unspecified atom stereocenters. The third kappa shape index (κ3) is 3.63.